The van der Waals surface area contributed by atoms with Crippen molar-refractivity contribution >= 4 is 7.60 Å². The van der Waals surface area contributed by atoms with Gasteiger partial charge >= 0.3 is 19.9 Å². The van der Waals surface area contributed by atoms with E-state index in [0.29, 0.717) is 19.7 Å². The van der Waals surface area contributed by atoms with Crippen LogP contribution in [0.5, 0.6) is 0 Å². The van der Waals surface area contributed by atoms with Crippen molar-refractivity contribution in [2.24, 2.45) is 0 Å². The van der Waals surface area contributed by atoms with Crippen molar-refractivity contribution < 1.29 is 40.0 Å². The van der Waals surface area contributed by atoms with Crippen LogP contribution in [0.4, 0.5) is 26.3 Å². The first kappa shape index (κ1) is 17.5. The van der Waals surface area contributed by atoms with Crippen LogP contribution in [0, 0.1) is 0 Å². The summed E-state index contributed by atoms with van der Waals surface area (Å²) in [7, 11) is -4.68. The third-order valence-electron chi connectivity index (χ3n) is 1.76. The average Bonchev–Trinajstić information content (AvgIpc) is 2.14. The molecule has 0 bridgehead atoms. The topological polar surface area (TPSA) is 35.5 Å². The van der Waals surface area contributed by atoms with Crippen LogP contribution in [-0.4, -0.2) is 24.6 Å². The van der Waals surface area contributed by atoms with E-state index in [1.165, 1.54) is 0 Å². The van der Waals surface area contributed by atoms with E-state index >= 15 is 0 Å². The molecule has 0 N–H and O–H groups in total. The van der Waals surface area contributed by atoms with E-state index in [9.17, 15) is 30.9 Å². The molecule has 10 heteroatoms. The van der Waals surface area contributed by atoms with Gasteiger partial charge in [0.25, 0.3) is 0 Å². The molecule has 0 fully saturated rings. The van der Waals surface area contributed by atoms with Crippen LogP contribution >= 0.6 is 7.60 Å². The lowest BCUT2D eigenvalue weighted by Crippen LogP contribution is -2.31. The number of halogens is 6. The molecule has 0 rings (SSSR count). The maximum atomic E-state index is 12.1. The molecule has 0 saturated carbocycles. The predicted molar refractivity (Wildman–Crippen MR) is 51.0 cm³/mol. The van der Waals surface area contributed by atoms with Gasteiger partial charge in [-0.25, -0.2) is 0 Å². The molecule has 0 aliphatic rings. The number of alkyl halides is 6. The number of hydrogen-bond donors (Lipinski definition) is 0. The molecule has 3 nitrogen and oxygen atoms in total. The Hall–Kier alpha value is -0.530. The largest absolute Gasteiger partial charge is 0.414 e. The van der Waals surface area contributed by atoms with Gasteiger partial charge in [-0.1, -0.05) is 6.58 Å². The Kier molecular flexibility index (Phi) is 5.46. The van der Waals surface area contributed by atoms with Crippen LogP contribution in [0.15, 0.2) is 12.4 Å². The van der Waals surface area contributed by atoms with Crippen molar-refractivity contribution in [2.75, 3.05) is 0 Å². The molecule has 0 amide bonds. The molecule has 0 radical (unpaired) electrons. The van der Waals surface area contributed by atoms with Crippen molar-refractivity contribution in [2.45, 2.75) is 38.4 Å². The lowest BCUT2D eigenvalue weighted by atomic mass is 10.4. The zero-order valence-electron chi connectivity index (χ0n) is 9.38. The summed E-state index contributed by atoms with van der Waals surface area (Å²) >= 11 is 0. The fourth-order valence-electron chi connectivity index (χ4n) is 0.671. The van der Waals surface area contributed by atoms with Gasteiger partial charge in [0, 0.05) is 5.82 Å². The Balaban J connectivity index is 4.85. The van der Waals surface area contributed by atoms with Crippen LogP contribution in [-0.2, 0) is 13.6 Å². The zero-order chi connectivity index (χ0) is 14.8. The van der Waals surface area contributed by atoms with Crippen LogP contribution in [0.25, 0.3) is 0 Å². The first-order valence-electron chi connectivity index (χ1n) is 4.55. The zero-order valence-corrected chi connectivity index (χ0v) is 10.3. The Bertz CT molecular complexity index is 311. The second kappa shape index (κ2) is 5.63. The molecule has 108 valence electrons. The molecule has 0 spiro atoms. The smallest absolute Gasteiger partial charge is 0.293 e. The van der Waals surface area contributed by atoms with E-state index in [1.54, 1.807) is 0 Å². The predicted octanol–water partition coefficient (Wildman–Crippen LogP) is 4.26. The van der Waals surface area contributed by atoms with Gasteiger partial charge in [-0.2, -0.15) is 26.3 Å². The molecule has 0 saturated heterocycles. The molecule has 0 aliphatic heterocycles. The molecule has 2 unspecified atom stereocenters. The van der Waals surface area contributed by atoms with Crippen LogP contribution in [0.1, 0.15) is 13.8 Å². The molecule has 0 aromatic heterocycles. The van der Waals surface area contributed by atoms with Gasteiger partial charge in [0.05, 0.1) is 0 Å². The molecular weight excluding hydrogens is 289 g/mol. The molecule has 0 aliphatic carbocycles. The lowest BCUT2D eigenvalue weighted by molar-refractivity contribution is -0.203. The quantitative estimate of drug-likeness (QED) is 0.562. The second-order valence-electron chi connectivity index (χ2n) is 3.30. The highest BCUT2D eigenvalue weighted by molar-refractivity contribution is 7.57. The first-order valence-corrected chi connectivity index (χ1v) is 6.16. The lowest BCUT2D eigenvalue weighted by Gasteiger charge is -2.25. The molecule has 2 atom stereocenters. The Morgan fingerprint density at radius 3 is 1.44 bits per heavy atom. The summed E-state index contributed by atoms with van der Waals surface area (Å²) in [4.78, 5) is 0. The van der Waals surface area contributed by atoms with E-state index in [0.717, 1.165) is 0 Å². The minimum atomic E-state index is -4.87. The van der Waals surface area contributed by atoms with Gasteiger partial charge in [0.15, 0.2) is 12.2 Å². The summed E-state index contributed by atoms with van der Waals surface area (Å²) in [5.74, 6) is 0.303. The van der Waals surface area contributed by atoms with Gasteiger partial charge in [0.1, 0.15) is 0 Å². The van der Waals surface area contributed by atoms with Crippen LogP contribution < -0.4 is 0 Å². The van der Waals surface area contributed by atoms with Gasteiger partial charge in [-0.05, 0) is 13.8 Å². The summed E-state index contributed by atoms with van der Waals surface area (Å²) in [6.07, 6.45) is -14.8. The van der Waals surface area contributed by atoms with Crippen molar-refractivity contribution in [3.05, 3.63) is 12.4 Å². The highest BCUT2D eigenvalue weighted by Crippen LogP contribution is 2.54. The van der Waals surface area contributed by atoms with Crippen molar-refractivity contribution in [3.63, 3.8) is 0 Å². The summed E-state index contributed by atoms with van der Waals surface area (Å²) < 4.78 is 92.3. The van der Waals surface area contributed by atoms with E-state index in [1.807, 2.05) is 0 Å². The Morgan fingerprint density at radius 1 is 1.00 bits per heavy atom. The minimum absolute atomic E-state index is 0.303. The summed E-state index contributed by atoms with van der Waals surface area (Å²) in [6, 6.07) is 0. The van der Waals surface area contributed by atoms with Gasteiger partial charge in [0.2, 0.25) is 0 Å². The second-order valence-corrected chi connectivity index (χ2v) is 5.17. The van der Waals surface area contributed by atoms with Gasteiger partial charge < -0.3 is 0 Å². The third-order valence-corrected chi connectivity index (χ3v) is 3.42. The monoisotopic (exact) mass is 300 g/mol. The fourth-order valence-corrected chi connectivity index (χ4v) is 2.01. The highest BCUT2D eigenvalue weighted by atomic mass is 31.2. The van der Waals surface area contributed by atoms with Gasteiger partial charge in [-0.15, -0.1) is 0 Å². The molecule has 0 heterocycles. The summed E-state index contributed by atoms with van der Waals surface area (Å²) in [5, 5.41) is 0. The Labute approximate surface area is 99.3 Å². The van der Waals surface area contributed by atoms with Crippen molar-refractivity contribution in [1.82, 2.24) is 0 Å². The number of hydrogen-bond acceptors (Lipinski definition) is 3. The van der Waals surface area contributed by atoms with E-state index < -0.39 is 32.2 Å². The van der Waals surface area contributed by atoms with Crippen LogP contribution in [0.2, 0.25) is 0 Å². The molecule has 18 heavy (non-hydrogen) atoms. The van der Waals surface area contributed by atoms with E-state index in [2.05, 4.69) is 15.6 Å². The number of rotatable bonds is 5. The van der Waals surface area contributed by atoms with Crippen LogP contribution in [0.3, 0.4) is 0 Å². The highest BCUT2D eigenvalue weighted by Gasteiger charge is 2.45. The van der Waals surface area contributed by atoms with E-state index in [4.69, 9.17) is 0 Å². The minimum Gasteiger partial charge on any atom is -0.293 e. The third kappa shape index (κ3) is 5.41. The molecule has 0 aromatic rings. The molecular formula is C8H11F6O3P. The maximum absolute atomic E-state index is 12.1. The van der Waals surface area contributed by atoms with Crippen molar-refractivity contribution in [3.8, 4) is 0 Å². The standard InChI is InChI=1S/C8H11F6O3P/c1-4-18(15,16-5(2)7(9,10)11)17-6(3)8(12,13)14/h4-6H,1H2,2-3H3. The van der Waals surface area contributed by atoms with Gasteiger partial charge in [-0.3, -0.25) is 13.6 Å². The van der Waals surface area contributed by atoms with Crippen molar-refractivity contribution in [1.29, 1.82) is 0 Å². The average molecular weight is 300 g/mol. The summed E-state index contributed by atoms with van der Waals surface area (Å²) in [5.41, 5.74) is 0. The normalized spacial score (nSPS) is 20.0. The maximum Gasteiger partial charge on any atom is 0.414 e. The fraction of sp³-hybridized carbons (Fsp3) is 0.750. The summed E-state index contributed by atoms with van der Waals surface area (Å²) in [6.45, 7) is 3.85. The van der Waals surface area contributed by atoms with E-state index in [-0.39, 0.29) is 0 Å². The Morgan fingerprint density at radius 2 is 1.28 bits per heavy atom. The molecule has 0 aromatic carbocycles. The first-order chi connectivity index (χ1) is 7.82. The SMILES string of the molecule is C=CP(=O)(OC(C)C(F)(F)F)OC(C)C(F)(F)F.